The number of hydrogen-bond donors (Lipinski definition) is 0. The molecule has 0 radical (unpaired) electrons. The molecule has 0 aliphatic heterocycles. The molecule has 2 saturated carbocycles. The summed E-state index contributed by atoms with van der Waals surface area (Å²) in [4.78, 5) is 0. The molecule has 1 spiro atoms. The van der Waals surface area contributed by atoms with Gasteiger partial charge in [0.1, 0.15) is 0 Å². The zero-order valence-electron chi connectivity index (χ0n) is 35.6. The van der Waals surface area contributed by atoms with E-state index in [4.69, 9.17) is 0 Å². The molecule has 9 aliphatic carbocycles. The van der Waals surface area contributed by atoms with Crippen LogP contribution in [0, 0.1) is 34.5 Å². The minimum absolute atomic E-state index is 0.0361. The third-order valence-electron chi connectivity index (χ3n) is 18.3. The summed E-state index contributed by atoms with van der Waals surface area (Å²) in [6, 6.07) is 58.5. The van der Waals surface area contributed by atoms with E-state index in [1.807, 2.05) is 0 Å². The molecule has 65 heavy (non-hydrogen) atoms. The van der Waals surface area contributed by atoms with E-state index in [0.717, 1.165) is 34.0 Å². The van der Waals surface area contributed by atoms with Gasteiger partial charge in [-0.3, -0.25) is 0 Å². The Morgan fingerprint density at radius 1 is 0.446 bits per heavy atom. The molecule has 3 heteroatoms. The molecule has 2 unspecified atom stereocenters. The monoisotopic (exact) mass is 825 g/mol. The summed E-state index contributed by atoms with van der Waals surface area (Å²) in [6.45, 7) is 0. The summed E-state index contributed by atoms with van der Waals surface area (Å²) in [6.07, 6.45) is 6.20. The second-order valence-electron chi connectivity index (χ2n) is 20.7. The third kappa shape index (κ3) is 3.62. The highest BCUT2D eigenvalue weighted by Crippen LogP contribution is 2.68. The summed E-state index contributed by atoms with van der Waals surface area (Å²) in [5, 5.41) is 28.0. The van der Waals surface area contributed by atoms with Crippen molar-refractivity contribution in [1.29, 1.82) is 10.5 Å². The molecule has 2 fully saturated rings. The average Bonchev–Trinajstić information content (AvgIpc) is 4.02. The Bertz CT molecular complexity index is 3910. The summed E-state index contributed by atoms with van der Waals surface area (Å²) >= 11 is 0. The second kappa shape index (κ2) is 11.2. The van der Waals surface area contributed by atoms with Crippen molar-refractivity contribution in [3.8, 4) is 34.4 Å². The Morgan fingerprint density at radius 2 is 0.908 bits per heavy atom. The summed E-state index contributed by atoms with van der Waals surface area (Å²) in [5.74, 6) is 2.26. The lowest BCUT2D eigenvalue weighted by molar-refractivity contribution is 0.166. The highest BCUT2D eigenvalue weighted by atomic mass is 14.9. The van der Waals surface area contributed by atoms with E-state index in [-0.39, 0.29) is 11.8 Å². The number of nitriles is 2. The zero-order valence-corrected chi connectivity index (χ0v) is 35.6. The van der Waals surface area contributed by atoms with Crippen LogP contribution in [0.5, 0.6) is 0 Å². The van der Waals surface area contributed by atoms with Gasteiger partial charge in [-0.25, -0.2) is 0 Å². The largest absolute Gasteiger partial charge is 0.308 e. The maximum Gasteiger partial charge on any atom is 0.0995 e. The molecule has 302 valence electrons. The van der Waals surface area contributed by atoms with Crippen LogP contribution in [0.15, 0.2) is 140 Å². The first-order valence-electron chi connectivity index (χ1n) is 23.9. The van der Waals surface area contributed by atoms with E-state index in [9.17, 15) is 10.5 Å². The van der Waals surface area contributed by atoms with Gasteiger partial charge in [-0.15, -0.1) is 0 Å². The molecule has 19 rings (SSSR count). The summed E-state index contributed by atoms with van der Waals surface area (Å²) < 4.78 is 2.57. The van der Waals surface area contributed by atoms with Crippen LogP contribution in [0.4, 0.5) is 0 Å². The van der Waals surface area contributed by atoms with Gasteiger partial charge in [0, 0.05) is 33.4 Å². The van der Waals surface area contributed by atoms with E-state index in [2.05, 4.69) is 156 Å². The fourth-order valence-electron chi connectivity index (χ4n) is 16.6. The molecular weight excluding hydrogens is 787 g/mol. The standard InChI is InChI=1S/C62H39N3/c63-29-35-26-49-56(52-34-24-31-21-32(25-34)23-33(22-31)51(35)52)45-28-44-39-13-7-10-20-48(39)62(46-18-8-5-11-37(46)38-12-6-9-19-47(38)62)60(44)59-57-50(65(49)61(45)59)27-36(30-64)53-54-40-14-1-3-16-42(40)55(58(53)57)43-17-4-2-15-41(43)54/h1-20,26-28,31-34,54-55H,21-25H2. The summed E-state index contributed by atoms with van der Waals surface area (Å²) in [7, 11) is 0. The Kier molecular flexibility index (Phi) is 5.88. The van der Waals surface area contributed by atoms with E-state index >= 15 is 0 Å². The van der Waals surface area contributed by atoms with Crippen LogP contribution in [0.2, 0.25) is 0 Å². The molecule has 3 nitrogen and oxygen atoms in total. The molecule has 9 aliphatic rings. The van der Waals surface area contributed by atoms with Gasteiger partial charge in [-0.1, -0.05) is 121 Å². The van der Waals surface area contributed by atoms with E-state index in [0.29, 0.717) is 11.8 Å². The quantitative estimate of drug-likeness (QED) is 0.153. The molecule has 2 atom stereocenters. The van der Waals surface area contributed by atoms with Crippen molar-refractivity contribution in [1.82, 2.24) is 4.40 Å². The molecule has 10 aromatic rings. The minimum Gasteiger partial charge on any atom is -0.308 e. The van der Waals surface area contributed by atoms with Crippen molar-refractivity contribution in [2.45, 2.75) is 61.2 Å². The Balaban J connectivity index is 1.15. The minimum atomic E-state index is -0.567. The van der Waals surface area contributed by atoms with Crippen LogP contribution >= 0.6 is 0 Å². The van der Waals surface area contributed by atoms with Crippen molar-refractivity contribution >= 4 is 38.1 Å². The third-order valence-corrected chi connectivity index (χ3v) is 18.3. The maximum atomic E-state index is 11.5. The van der Waals surface area contributed by atoms with Gasteiger partial charge < -0.3 is 4.40 Å². The number of hydrogen-bond acceptors (Lipinski definition) is 2. The predicted octanol–water partition coefficient (Wildman–Crippen LogP) is 14.3. The lowest BCUT2D eigenvalue weighted by Gasteiger charge is -2.43. The molecule has 2 heterocycles. The Morgan fingerprint density at radius 3 is 1.46 bits per heavy atom. The van der Waals surface area contributed by atoms with Gasteiger partial charge in [-0.2, -0.15) is 10.5 Å². The van der Waals surface area contributed by atoms with Crippen LogP contribution in [-0.4, -0.2) is 4.40 Å². The van der Waals surface area contributed by atoms with Crippen LogP contribution in [0.25, 0.3) is 60.3 Å². The predicted molar refractivity (Wildman–Crippen MR) is 257 cm³/mol. The Hall–Kier alpha value is -7.46. The van der Waals surface area contributed by atoms with E-state index in [1.165, 1.54) is 148 Å². The van der Waals surface area contributed by atoms with Gasteiger partial charge in [0.2, 0.25) is 0 Å². The van der Waals surface area contributed by atoms with E-state index in [1.54, 1.807) is 0 Å². The number of fused-ring (bicyclic) bond motifs is 17. The lowest BCUT2D eigenvalue weighted by Crippen LogP contribution is -2.29. The van der Waals surface area contributed by atoms with Gasteiger partial charge in [0.05, 0.1) is 45.2 Å². The topological polar surface area (TPSA) is 52.0 Å². The van der Waals surface area contributed by atoms with Crippen LogP contribution in [0.3, 0.4) is 0 Å². The van der Waals surface area contributed by atoms with Crippen molar-refractivity contribution in [3.05, 3.63) is 217 Å². The molecule has 0 N–H and O–H groups in total. The fourth-order valence-corrected chi connectivity index (χ4v) is 16.6. The smallest absolute Gasteiger partial charge is 0.0995 e. The number of aromatic nitrogens is 1. The van der Waals surface area contributed by atoms with Crippen molar-refractivity contribution in [2.75, 3.05) is 0 Å². The highest BCUT2D eigenvalue weighted by molar-refractivity contribution is 6.29. The Labute approximate surface area is 376 Å². The number of rotatable bonds is 0. The highest BCUT2D eigenvalue weighted by Gasteiger charge is 2.55. The maximum absolute atomic E-state index is 11.5. The first-order chi connectivity index (χ1) is 32.2. The normalized spacial score (nSPS) is 23.5. The van der Waals surface area contributed by atoms with Gasteiger partial charge in [0.25, 0.3) is 0 Å². The molecule has 8 aromatic carbocycles. The molecule has 2 aromatic heterocycles. The molecule has 0 saturated heterocycles. The second-order valence-corrected chi connectivity index (χ2v) is 20.7. The van der Waals surface area contributed by atoms with Crippen LogP contribution in [0.1, 0.15) is 134 Å². The average molecular weight is 826 g/mol. The van der Waals surface area contributed by atoms with Crippen molar-refractivity contribution in [2.24, 2.45) is 11.8 Å². The zero-order chi connectivity index (χ0) is 42.2. The first kappa shape index (κ1) is 34.0. The SMILES string of the molecule is N#Cc1cc2c(c3c1C1CC4CC(C1)CC3C4)c1cc3c(c4c5c6c(c(C#N)cc5n2c14)C1c2ccccc2C6c2ccccc21)C1(c2ccccc2-c2ccccc21)c1ccccc1-3. The lowest BCUT2D eigenvalue weighted by atomic mass is 9.59. The summed E-state index contributed by atoms with van der Waals surface area (Å²) in [5.41, 5.74) is 25.8. The van der Waals surface area contributed by atoms with Gasteiger partial charge in [0.15, 0.2) is 0 Å². The van der Waals surface area contributed by atoms with Crippen LogP contribution in [-0.2, 0) is 5.41 Å². The number of benzene rings is 8. The van der Waals surface area contributed by atoms with Gasteiger partial charge >= 0.3 is 0 Å². The van der Waals surface area contributed by atoms with Crippen molar-refractivity contribution < 1.29 is 0 Å². The first-order valence-corrected chi connectivity index (χ1v) is 23.9. The molecule has 0 amide bonds. The van der Waals surface area contributed by atoms with E-state index < -0.39 is 5.41 Å². The van der Waals surface area contributed by atoms with Crippen LogP contribution < -0.4 is 0 Å². The molecular formula is C62H39N3. The van der Waals surface area contributed by atoms with Gasteiger partial charge in [-0.05, 0) is 163 Å². The number of nitrogens with zero attached hydrogens (tertiary/aromatic N) is 3. The van der Waals surface area contributed by atoms with Crippen molar-refractivity contribution in [3.63, 3.8) is 0 Å². The fraction of sp³-hybridized carbons (Fsp3) is 0.194. The molecule has 6 bridgehead atoms.